The summed E-state index contributed by atoms with van der Waals surface area (Å²) in [5.41, 5.74) is 3.71. The van der Waals surface area contributed by atoms with Crippen molar-refractivity contribution in [3.8, 4) is 11.5 Å². The summed E-state index contributed by atoms with van der Waals surface area (Å²) >= 11 is 12.7. The summed E-state index contributed by atoms with van der Waals surface area (Å²) in [6.07, 6.45) is -0.0353. The van der Waals surface area contributed by atoms with Gasteiger partial charge in [-0.05, 0) is 42.7 Å². The first kappa shape index (κ1) is 26.1. The number of ether oxygens (including phenoxy) is 3. The Hall–Kier alpha value is -2.99. The van der Waals surface area contributed by atoms with Gasteiger partial charge in [-0.3, -0.25) is 0 Å². The first-order valence-corrected chi connectivity index (χ1v) is 12.4. The van der Waals surface area contributed by atoms with Crippen LogP contribution in [0.3, 0.4) is 0 Å². The predicted molar refractivity (Wildman–Crippen MR) is 141 cm³/mol. The van der Waals surface area contributed by atoms with Gasteiger partial charge < -0.3 is 19.3 Å². The molecule has 4 rings (SSSR count). The highest BCUT2D eigenvalue weighted by Gasteiger charge is 2.42. The van der Waals surface area contributed by atoms with Crippen LogP contribution in [-0.2, 0) is 9.53 Å². The Balaban J connectivity index is 1.83. The second kappa shape index (κ2) is 11.4. The van der Waals surface area contributed by atoms with E-state index in [1.54, 1.807) is 19.2 Å². The summed E-state index contributed by atoms with van der Waals surface area (Å²) in [6.45, 7) is 5.71. The molecule has 0 saturated carbocycles. The van der Waals surface area contributed by atoms with E-state index in [1.165, 1.54) is 0 Å². The van der Waals surface area contributed by atoms with Crippen molar-refractivity contribution in [2.45, 2.75) is 31.5 Å². The lowest BCUT2D eigenvalue weighted by Crippen LogP contribution is -2.32. The van der Waals surface area contributed by atoms with E-state index in [-0.39, 0.29) is 28.7 Å². The van der Waals surface area contributed by atoms with Crippen molar-refractivity contribution < 1.29 is 24.1 Å². The zero-order valence-corrected chi connectivity index (χ0v) is 21.6. The van der Waals surface area contributed by atoms with Gasteiger partial charge in [-0.2, -0.15) is 0 Å². The SMILES string of the molecule is C=C(C)[C@H]1C[C@H](c2ccc(Cl)cc2)[C@H](c2ccccc2)O[C@@H]1c1cc(OC)cc(Cl)c1OCC(=O)O. The Morgan fingerprint density at radius 1 is 1.06 bits per heavy atom. The molecule has 7 heteroatoms. The number of hydrogen-bond acceptors (Lipinski definition) is 4. The quantitative estimate of drug-likeness (QED) is 0.305. The van der Waals surface area contributed by atoms with Gasteiger partial charge in [0.25, 0.3) is 0 Å². The van der Waals surface area contributed by atoms with E-state index in [4.69, 9.17) is 37.4 Å². The Morgan fingerprint density at radius 3 is 2.36 bits per heavy atom. The fourth-order valence-electron chi connectivity index (χ4n) is 4.80. The summed E-state index contributed by atoms with van der Waals surface area (Å²) in [5.74, 6) is -0.363. The third kappa shape index (κ3) is 5.70. The van der Waals surface area contributed by atoms with E-state index in [0.29, 0.717) is 16.3 Å². The Morgan fingerprint density at radius 2 is 1.75 bits per heavy atom. The number of carboxylic acids is 1. The number of rotatable bonds is 8. The summed E-state index contributed by atoms with van der Waals surface area (Å²) in [4.78, 5) is 11.3. The Kier molecular flexibility index (Phi) is 8.24. The average molecular weight is 527 g/mol. The van der Waals surface area contributed by atoms with E-state index in [0.717, 1.165) is 23.1 Å². The zero-order valence-electron chi connectivity index (χ0n) is 20.1. The Bertz CT molecular complexity index is 1230. The van der Waals surface area contributed by atoms with Crippen LogP contribution in [-0.4, -0.2) is 24.8 Å². The van der Waals surface area contributed by atoms with Crippen LogP contribution in [0.25, 0.3) is 0 Å². The maximum Gasteiger partial charge on any atom is 0.341 e. The molecule has 1 saturated heterocycles. The molecule has 1 aliphatic heterocycles. The van der Waals surface area contributed by atoms with Gasteiger partial charge in [-0.25, -0.2) is 4.79 Å². The number of halogens is 2. The number of aliphatic carboxylic acids is 1. The van der Waals surface area contributed by atoms with Gasteiger partial charge in [0, 0.05) is 28.5 Å². The van der Waals surface area contributed by atoms with Gasteiger partial charge in [0.05, 0.1) is 24.3 Å². The molecule has 4 atom stereocenters. The lowest BCUT2D eigenvalue weighted by atomic mass is 9.74. The topological polar surface area (TPSA) is 65.0 Å². The lowest BCUT2D eigenvalue weighted by molar-refractivity contribution is -0.139. The van der Waals surface area contributed by atoms with Crippen LogP contribution in [0.5, 0.6) is 11.5 Å². The fraction of sp³-hybridized carbons (Fsp3) is 0.276. The van der Waals surface area contributed by atoms with Gasteiger partial charge in [0.2, 0.25) is 0 Å². The molecule has 0 aromatic heterocycles. The number of benzene rings is 3. The van der Waals surface area contributed by atoms with Gasteiger partial charge >= 0.3 is 5.97 Å². The summed E-state index contributed by atoms with van der Waals surface area (Å²) in [5, 5.41) is 10.2. The van der Waals surface area contributed by atoms with Crippen LogP contribution in [0.2, 0.25) is 10.0 Å². The highest BCUT2D eigenvalue weighted by atomic mass is 35.5. The molecule has 188 valence electrons. The minimum atomic E-state index is -1.10. The number of hydrogen-bond donors (Lipinski definition) is 1. The zero-order chi connectivity index (χ0) is 25.8. The van der Waals surface area contributed by atoms with Crippen molar-refractivity contribution >= 4 is 29.2 Å². The molecule has 1 heterocycles. The fourth-order valence-corrected chi connectivity index (χ4v) is 5.19. The minimum Gasteiger partial charge on any atom is -0.497 e. The number of carboxylic acid groups (broad SMARTS) is 1. The van der Waals surface area contributed by atoms with E-state index in [9.17, 15) is 9.90 Å². The lowest BCUT2D eigenvalue weighted by Gasteiger charge is -2.43. The molecule has 0 bridgehead atoms. The van der Waals surface area contributed by atoms with Crippen molar-refractivity contribution in [3.05, 3.63) is 106 Å². The first-order valence-electron chi connectivity index (χ1n) is 11.6. The number of carbonyl (C=O) groups is 1. The van der Waals surface area contributed by atoms with E-state index in [2.05, 4.69) is 6.58 Å². The molecular formula is C29H28Cl2O5. The molecule has 1 aliphatic rings. The smallest absolute Gasteiger partial charge is 0.341 e. The molecular weight excluding hydrogens is 499 g/mol. The Labute approximate surface area is 221 Å². The van der Waals surface area contributed by atoms with Crippen molar-refractivity contribution in [1.82, 2.24) is 0 Å². The van der Waals surface area contributed by atoms with Crippen LogP contribution >= 0.6 is 23.2 Å². The van der Waals surface area contributed by atoms with Crippen LogP contribution in [0.15, 0.2) is 78.9 Å². The van der Waals surface area contributed by atoms with Crippen LogP contribution in [0, 0.1) is 5.92 Å². The first-order chi connectivity index (χ1) is 17.3. The molecule has 0 radical (unpaired) electrons. The summed E-state index contributed by atoms with van der Waals surface area (Å²) in [6, 6.07) is 21.3. The molecule has 0 spiro atoms. The van der Waals surface area contributed by atoms with Crippen molar-refractivity contribution in [3.63, 3.8) is 0 Å². The molecule has 0 unspecified atom stereocenters. The molecule has 1 N–H and O–H groups in total. The number of methoxy groups -OCH3 is 1. The standard InChI is InChI=1S/C29H28Cl2O5/c1-17(2)22-15-23(18-9-11-20(30)12-10-18)27(19-7-5-4-6-8-19)36-28(22)24-13-21(34-3)14-25(31)29(24)35-16-26(32)33/h4-14,22-23,27-28H,1,15-16H2,2-3H3,(H,32,33)/t22-,23-,27+,28+/m1/s1. The summed E-state index contributed by atoms with van der Waals surface area (Å²) in [7, 11) is 1.55. The molecule has 3 aromatic rings. The van der Waals surface area contributed by atoms with Crippen LogP contribution in [0.4, 0.5) is 0 Å². The van der Waals surface area contributed by atoms with Crippen molar-refractivity contribution in [1.29, 1.82) is 0 Å². The van der Waals surface area contributed by atoms with E-state index < -0.39 is 18.7 Å². The summed E-state index contributed by atoms with van der Waals surface area (Å²) < 4.78 is 18.0. The largest absolute Gasteiger partial charge is 0.497 e. The predicted octanol–water partition coefficient (Wildman–Crippen LogP) is 7.64. The monoisotopic (exact) mass is 526 g/mol. The third-order valence-corrected chi connectivity index (χ3v) is 7.05. The maximum absolute atomic E-state index is 11.3. The second-order valence-corrected chi connectivity index (χ2v) is 9.79. The molecule has 1 fully saturated rings. The van der Waals surface area contributed by atoms with Gasteiger partial charge in [-0.15, -0.1) is 0 Å². The van der Waals surface area contributed by atoms with Crippen molar-refractivity contribution in [2.24, 2.45) is 5.92 Å². The maximum atomic E-state index is 11.3. The normalized spacial score (nSPS) is 21.6. The van der Waals surface area contributed by atoms with Gasteiger partial charge in [0.15, 0.2) is 6.61 Å². The third-order valence-electron chi connectivity index (χ3n) is 6.52. The van der Waals surface area contributed by atoms with Crippen LogP contribution in [0.1, 0.15) is 48.2 Å². The van der Waals surface area contributed by atoms with Crippen molar-refractivity contribution in [2.75, 3.05) is 13.7 Å². The highest BCUT2D eigenvalue weighted by Crippen LogP contribution is 2.54. The van der Waals surface area contributed by atoms with Gasteiger partial charge in [0.1, 0.15) is 11.5 Å². The second-order valence-electron chi connectivity index (χ2n) is 8.94. The van der Waals surface area contributed by atoms with Gasteiger partial charge in [-0.1, -0.05) is 77.8 Å². The molecule has 0 amide bonds. The molecule has 3 aromatic carbocycles. The van der Waals surface area contributed by atoms with E-state index in [1.807, 2.05) is 61.5 Å². The highest BCUT2D eigenvalue weighted by molar-refractivity contribution is 6.32. The van der Waals surface area contributed by atoms with E-state index >= 15 is 0 Å². The molecule has 0 aliphatic carbocycles. The molecule has 36 heavy (non-hydrogen) atoms. The minimum absolute atomic E-state index is 0.0343. The van der Waals surface area contributed by atoms with Crippen LogP contribution < -0.4 is 9.47 Å². The average Bonchev–Trinajstić information content (AvgIpc) is 2.87. The molecule has 5 nitrogen and oxygen atoms in total.